The topological polar surface area (TPSA) is 41.0 Å². The summed E-state index contributed by atoms with van der Waals surface area (Å²) in [6.45, 7) is 2.95. The van der Waals surface area contributed by atoms with Crippen LogP contribution in [0.5, 0.6) is 0 Å². The Morgan fingerprint density at radius 3 is 3.00 bits per heavy atom. The Balaban J connectivity index is 1.57. The molecule has 4 nitrogen and oxygen atoms in total. The number of thiophene rings is 1. The second kappa shape index (κ2) is 6.65. The number of piperidine rings is 1. The summed E-state index contributed by atoms with van der Waals surface area (Å²) in [4.78, 5) is 12.3. The van der Waals surface area contributed by atoms with E-state index in [1.165, 1.54) is 22.2 Å². The monoisotopic (exact) mass is 352 g/mol. The lowest BCUT2D eigenvalue weighted by Crippen LogP contribution is -2.46. The van der Waals surface area contributed by atoms with E-state index in [2.05, 4.69) is 47.6 Å². The van der Waals surface area contributed by atoms with Crippen molar-refractivity contribution < 1.29 is 0 Å². The molecule has 1 atom stereocenters. The Kier molecular flexibility index (Phi) is 4.65. The molecule has 0 aromatic carbocycles. The van der Waals surface area contributed by atoms with Crippen LogP contribution in [-0.2, 0) is 6.54 Å². The zero-order chi connectivity index (χ0) is 13.8. The van der Waals surface area contributed by atoms with Crippen molar-refractivity contribution in [3.8, 4) is 0 Å². The molecule has 1 N–H and O–H groups in total. The van der Waals surface area contributed by atoms with Gasteiger partial charge in [0.1, 0.15) is 0 Å². The van der Waals surface area contributed by atoms with E-state index in [-0.39, 0.29) is 0 Å². The largest absolute Gasteiger partial charge is 0.339 e. The van der Waals surface area contributed by atoms with Crippen molar-refractivity contribution in [3.63, 3.8) is 0 Å². The van der Waals surface area contributed by atoms with Crippen LogP contribution in [0, 0.1) is 0 Å². The lowest BCUT2D eigenvalue weighted by Gasteiger charge is -2.33. The fourth-order valence-corrected chi connectivity index (χ4v) is 3.91. The Bertz CT molecular complexity index is 545. The number of aromatic nitrogens is 2. The molecule has 0 bridgehead atoms. The van der Waals surface area contributed by atoms with E-state index >= 15 is 0 Å². The van der Waals surface area contributed by atoms with E-state index in [4.69, 9.17) is 0 Å². The van der Waals surface area contributed by atoms with E-state index in [0.29, 0.717) is 6.04 Å². The molecular formula is C14H17BrN4S. The number of anilines is 1. The lowest BCUT2D eigenvalue weighted by molar-refractivity contribution is 0.419. The quantitative estimate of drug-likeness (QED) is 0.917. The average molecular weight is 353 g/mol. The number of halogens is 1. The van der Waals surface area contributed by atoms with Crippen LogP contribution in [0.25, 0.3) is 0 Å². The van der Waals surface area contributed by atoms with Crippen LogP contribution in [0.15, 0.2) is 34.4 Å². The SMILES string of the molecule is Brc1ccsc1CNC1CCCN(c2ncccn2)C1. The van der Waals surface area contributed by atoms with E-state index in [1.54, 1.807) is 11.3 Å². The van der Waals surface area contributed by atoms with Gasteiger partial charge in [-0.3, -0.25) is 0 Å². The molecule has 3 heterocycles. The average Bonchev–Trinajstić information content (AvgIpc) is 2.92. The van der Waals surface area contributed by atoms with Crippen LogP contribution in [0.2, 0.25) is 0 Å². The van der Waals surface area contributed by atoms with Gasteiger partial charge in [-0.1, -0.05) is 0 Å². The first-order valence-electron chi connectivity index (χ1n) is 6.80. The number of hydrogen-bond acceptors (Lipinski definition) is 5. The highest BCUT2D eigenvalue weighted by molar-refractivity contribution is 9.10. The van der Waals surface area contributed by atoms with Crippen LogP contribution in [-0.4, -0.2) is 29.1 Å². The molecule has 1 unspecified atom stereocenters. The molecule has 20 heavy (non-hydrogen) atoms. The molecule has 2 aromatic rings. The maximum absolute atomic E-state index is 4.34. The summed E-state index contributed by atoms with van der Waals surface area (Å²) in [6.07, 6.45) is 6.01. The predicted molar refractivity (Wildman–Crippen MR) is 86.1 cm³/mol. The summed E-state index contributed by atoms with van der Waals surface area (Å²) in [5, 5.41) is 5.76. The minimum Gasteiger partial charge on any atom is -0.339 e. The standard InChI is InChI=1S/C14H17BrN4S/c15-12-4-8-20-13(12)9-18-11-3-1-7-19(10-11)14-16-5-2-6-17-14/h2,4-6,8,11,18H,1,3,7,9-10H2. The minimum absolute atomic E-state index is 0.501. The van der Waals surface area contributed by atoms with Gasteiger partial charge in [0.15, 0.2) is 0 Å². The molecular weight excluding hydrogens is 336 g/mol. The van der Waals surface area contributed by atoms with Gasteiger partial charge in [0.25, 0.3) is 0 Å². The third-order valence-electron chi connectivity index (χ3n) is 3.50. The highest BCUT2D eigenvalue weighted by Gasteiger charge is 2.21. The van der Waals surface area contributed by atoms with Gasteiger partial charge in [0.2, 0.25) is 5.95 Å². The molecule has 0 amide bonds. The smallest absolute Gasteiger partial charge is 0.225 e. The number of nitrogens with zero attached hydrogens (tertiary/aromatic N) is 3. The summed E-state index contributed by atoms with van der Waals surface area (Å²) >= 11 is 5.37. The Labute approximate surface area is 131 Å². The summed E-state index contributed by atoms with van der Waals surface area (Å²) in [5.41, 5.74) is 0. The first-order valence-corrected chi connectivity index (χ1v) is 8.47. The van der Waals surface area contributed by atoms with E-state index in [0.717, 1.165) is 25.6 Å². The van der Waals surface area contributed by atoms with Crippen molar-refractivity contribution >= 4 is 33.2 Å². The zero-order valence-corrected chi connectivity index (χ0v) is 13.5. The molecule has 1 aliphatic rings. The summed E-state index contributed by atoms with van der Waals surface area (Å²) in [5.74, 6) is 0.844. The fraction of sp³-hybridized carbons (Fsp3) is 0.429. The number of rotatable bonds is 4. The van der Waals surface area contributed by atoms with E-state index in [1.807, 2.05) is 18.5 Å². The molecule has 1 saturated heterocycles. The molecule has 106 valence electrons. The van der Waals surface area contributed by atoms with E-state index < -0.39 is 0 Å². The lowest BCUT2D eigenvalue weighted by atomic mass is 10.1. The first-order chi connectivity index (χ1) is 9.83. The fourth-order valence-electron chi connectivity index (χ4n) is 2.47. The molecule has 1 aliphatic heterocycles. The van der Waals surface area contributed by atoms with Gasteiger partial charge in [0.05, 0.1) is 0 Å². The Hall–Kier alpha value is -0.980. The number of hydrogen-bond donors (Lipinski definition) is 1. The second-order valence-corrected chi connectivity index (χ2v) is 6.76. The highest BCUT2D eigenvalue weighted by atomic mass is 79.9. The maximum atomic E-state index is 4.34. The molecule has 0 aliphatic carbocycles. The molecule has 0 radical (unpaired) electrons. The third kappa shape index (κ3) is 3.37. The summed E-state index contributed by atoms with van der Waals surface area (Å²) < 4.78 is 1.20. The van der Waals surface area contributed by atoms with Gasteiger partial charge < -0.3 is 10.2 Å². The summed E-state index contributed by atoms with van der Waals surface area (Å²) in [7, 11) is 0. The van der Waals surface area contributed by atoms with Crippen molar-refractivity contribution in [2.45, 2.75) is 25.4 Å². The van der Waals surface area contributed by atoms with Gasteiger partial charge in [-0.05, 0) is 46.3 Å². The first kappa shape index (κ1) is 14.0. The third-order valence-corrected chi connectivity index (χ3v) is 5.43. The van der Waals surface area contributed by atoms with Gasteiger partial charge in [-0.25, -0.2) is 9.97 Å². The maximum Gasteiger partial charge on any atom is 0.225 e. The van der Waals surface area contributed by atoms with Gasteiger partial charge in [0, 0.05) is 47.4 Å². The van der Waals surface area contributed by atoms with Crippen molar-refractivity contribution in [1.29, 1.82) is 0 Å². The molecule has 1 fully saturated rings. The van der Waals surface area contributed by atoms with Crippen LogP contribution in [0.1, 0.15) is 17.7 Å². The van der Waals surface area contributed by atoms with Crippen molar-refractivity contribution in [1.82, 2.24) is 15.3 Å². The molecule has 3 rings (SSSR count). The van der Waals surface area contributed by atoms with E-state index in [9.17, 15) is 0 Å². The minimum atomic E-state index is 0.501. The van der Waals surface area contributed by atoms with Crippen molar-refractivity contribution in [3.05, 3.63) is 39.3 Å². The van der Waals surface area contributed by atoms with Crippen molar-refractivity contribution in [2.24, 2.45) is 0 Å². The molecule has 0 spiro atoms. The zero-order valence-electron chi connectivity index (χ0n) is 11.1. The molecule has 0 saturated carbocycles. The summed E-state index contributed by atoms with van der Waals surface area (Å²) in [6, 6.07) is 4.46. The van der Waals surface area contributed by atoms with Crippen LogP contribution >= 0.6 is 27.3 Å². The van der Waals surface area contributed by atoms with Crippen molar-refractivity contribution in [2.75, 3.05) is 18.0 Å². The van der Waals surface area contributed by atoms with Crippen LogP contribution in [0.3, 0.4) is 0 Å². The van der Waals surface area contributed by atoms with Gasteiger partial charge in [-0.15, -0.1) is 11.3 Å². The van der Waals surface area contributed by atoms with Crippen LogP contribution < -0.4 is 10.2 Å². The van der Waals surface area contributed by atoms with Gasteiger partial charge in [-0.2, -0.15) is 0 Å². The Morgan fingerprint density at radius 1 is 1.40 bits per heavy atom. The number of nitrogens with one attached hydrogen (secondary N) is 1. The molecule has 2 aromatic heterocycles. The normalized spacial score (nSPS) is 19.2. The predicted octanol–water partition coefficient (Wildman–Crippen LogP) is 3.06. The highest BCUT2D eigenvalue weighted by Crippen LogP contribution is 2.23. The Morgan fingerprint density at radius 2 is 2.25 bits per heavy atom. The van der Waals surface area contributed by atoms with Gasteiger partial charge >= 0.3 is 0 Å². The van der Waals surface area contributed by atoms with Crippen LogP contribution in [0.4, 0.5) is 5.95 Å². The second-order valence-electron chi connectivity index (χ2n) is 4.91. The molecule has 6 heteroatoms.